The van der Waals surface area contributed by atoms with E-state index in [9.17, 15) is 4.79 Å². The molecule has 0 atom stereocenters. The average molecular weight is 311 g/mol. The molecule has 118 valence electrons. The van der Waals surface area contributed by atoms with Crippen LogP contribution in [0.3, 0.4) is 0 Å². The van der Waals surface area contributed by atoms with Crippen LogP contribution in [-0.2, 0) is 11.2 Å². The Morgan fingerprint density at radius 2 is 2.00 bits per heavy atom. The summed E-state index contributed by atoms with van der Waals surface area (Å²) in [6, 6.07) is 9.43. The average Bonchev–Trinajstić information content (AvgIpc) is 3.20. The van der Waals surface area contributed by atoms with Crippen molar-refractivity contribution in [1.82, 2.24) is 10.4 Å². The highest BCUT2D eigenvalue weighted by molar-refractivity contribution is 6.27. The number of hydrazone groups is 1. The topological polar surface area (TPSA) is 75.7 Å². The molecule has 0 radical (unpaired) electrons. The number of carbonyl (C=O) groups excluding carboxylic acids is 1. The quantitative estimate of drug-likeness (QED) is 0.831. The van der Waals surface area contributed by atoms with Gasteiger partial charge in [0.15, 0.2) is 11.5 Å². The van der Waals surface area contributed by atoms with E-state index in [2.05, 4.69) is 15.5 Å². The van der Waals surface area contributed by atoms with Crippen molar-refractivity contribution in [2.45, 2.75) is 6.42 Å². The van der Waals surface area contributed by atoms with E-state index in [1.54, 1.807) is 20.3 Å². The van der Waals surface area contributed by atoms with Gasteiger partial charge in [-0.3, -0.25) is 4.79 Å². The van der Waals surface area contributed by atoms with Crippen LogP contribution in [0, 0.1) is 0 Å². The molecule has 3 rings (SSSR count). The number of benzene rings is 1. The second-order valence-electron chi connectivity index (χ2n) is 5.05. The molecule has 0 aliphatic carbocycles. The molecule has 0 saturated carbocycles. The van der Waals surface area contributed by atoms with Crippen molar-refractivity contribution in [1.29, 1.82) is 0 Å². The summed E-state index contributed by atoms with van der Waals surface area (Å²) in [4.78, 5) is 15.0. The number of nitrogens with one attached hydrogen (secondary N) is 2. The number of carbonyl (C=O) groups is 1. The maximum atomic E-state index is 12.0. The number of hydrogen-bond acceptors (Lipinski definition) is 4. The van der Waals surface area contributed by atoms with Gasteiger partial charge in [-0.2, -0.15) is 5.10 Å². The van der Waals surface area contributed by atoms with E-state index < -0.39 is 0 Å². The summed E-state index contributed by atoms with van der Waals surface area (Å²) in [7, 11) is 3.19. The molecule has 1 amide bonds. The molecular formula is C17H17N3O3. The zero-order valence-corrected chi connectivity index (χ0v) is 12.9. The monoisotopic (exact) mass is 311 g/mol. The Labute approximate surface area is 133 Å². The molecule has 0 bridgehead atoms. The number of rotatable bonds is 5. The molecule has 1 aliphatic rings. The summed E-state index contributed by atoms with van der Waals surface area (Å²) >= 11 is 0. The maximum Gasteiger partial charge on any atom is 0.273 e. The molecule has 0 spiro atoms. The number of amides is 1. The van der Waals surface area contributed by atoms with Crippen LogP contribution in [0.4, 0.5) is 0 Å². The number of hydrogen-bond donors (Lipinski definition) is 2. The predicted octanol–water partition coefficient (Wildman–Crippen LogP) is 2.14. The minimum Gasteiger partial charge on any atom is -0.493 e. The molecule has 1 aliphatic heterocycles. The lowest BCUT2D eigenvalue weighted by molar-refractivity contribution is -0.116. The first-order chi connectivity index (χ1) is 11.2. The van der Waals surface area contributed by atoms with Crippen LogP contribution in [-0.4, -0.2) is 30.8 Å². The van der Waals surface area contributed by atoms with Crippen molar-refractivity contribution in [2.24, 2.45) is 5.10 Å². The Kier molecular flexibility index (Phi) is 4.14. The van der Waals surface area contributed by atoms with Gasteiger partial charge in [0.2, 0.25) is 0 Å². The van der Waals surface area contributed by atoms with Crippen LogP contribution in [0.15, 0.2) is 47.2 Å². The van der Waals surface area contributed by atoms with E-state index in [1.807, 2.05) is 36.5 Å². The van der Waals surface area contributed by atoms with Gasteiger partial charge in [-0.25, -0.2) is 5.43 Å². The van der Waals surface area contributed by atoms with Gasteiger partial charge >= 0.3 is 0 Å². The van der Waals surface area contributed by atoms with E-state index in [4.69, 9.17) is 9.47 Å². The molecule has 6 nitrogen and oxygen atoms in total. The zero-order valence-electron chi connectivity index (χ0n) is 12.9. The Balaban J connectivity index is 1.86. The van der Waals surface area contributed by atoms with Crippen LogP contribution in [0.5, 0.6) is 11.5 Å². The summed E-state index contributed by atoms with van der Waals surface area (Å²) in [6.07, 6.45) is 4.12. The van der Waals surface area contributed by atoms with Crippen LogP contribution in [0.2, 0.25) is 0 Å². The van der Waals surface area contributed by atoms with Crippen LogP contribution >= 0.6 is 0 Å². The summed E-state index contributed by atoms with van der Waals surface area (Å²) in [5, 5.41) is 4.13. The number of H-pyrrole nitrogens is 1. The number of ether oxygens (including phenoxy) is 2. The summed E-state index contributed by atoms with van der Waals surface area (Å²) in [5.74, 6) is 1.12. The second kappa shape index (κ2) is 6.39. The Bertz CT molecular complexity index is 776. The molecular weight excluding hydrogens is 294 g/mol. The van der Waals surface area contributed by atoms with Gasteiger partial charge in [0, 0.05) is 18.3 Å². The fourth-order valence-corrected chi connectivity index (χ4v) is 2.43. The number of methoxy groups -OCH3 is 2. The van der Waals surface area contributed by atoms with Crippen molar-refractivity contribution in [3.63, 3.8) is 0 Å². The molecule has 0 saturated heterocycles. The molecule has 1 aromatic carbocycles. The Morgan fingerprint density at radius 3 is 2.70 bits per heavy atom. The van der Waals surface area contributed by atoms with E-state index in [-0.39, 0.29) is 5.91 Å². The first-order valence-corrected chi connectivity index (χ1v) is 7.14. The van der Waals surface area contributed by atoms with Crippen molar-refractivity contribution < 1.29 is 14.3 Å². The maximum absolute atomic E-state index is 12.0. The van der Waals surface area contributed by atoms with Crippen molar-refractivity contribution in [3.8, 4) is 11.5 Å². The summed E-state index contributed by atoms with van der Waals surface area (Å²) < 4.78 is 10.5. The molecule has 2 aromatic rings. The minimum atomic E-state index is -0.199. The van der Waals surface area contributed by atoms with Gasteiger partial charge in [0.05, 0.1) is 25.5 Å². The molecule has 0 unspecified atom stereocenters. The Morgan fingerprint density at radius 1 is 1.17 bits per heavy atom. The first-order valence-electron chi connectivity index (χ1n) is 7.14. The molecule has 23 heavy (non-hydrogen) atoms. The van der Waals surface area contributed by atoms with E-state index >= 15 is 0 Å². The smallest absolute Gasteiger partial charge is 0.273 e. The molecule has 0 fully saturated rings. The normalized spacial score (nSPS) is 15.5. The number of nitrogens with zero attached hydrogens (tertiary/aromatic N) is 1. The van der Waals surface area contributed by atoms with Gasteiger partial charge in [-0.1, -0.05) is 6.07 Å². The fraction of sp³-hybridized carbons (Fsp3) is 0.176. The summed E-state index contributed by atoms with van der Waals surface area (Å²) in [5.41, 5.74) is 5.60. The number of aromatic nitrogens is 1. The van der Waals surface area contributed by atoms with Gasteiger partial charge in [-0.05, 0) is 35.9 Å². The third kappa shape index (κ3) is 3.11. The predicted molar refractivity (Wildman–Crippen MR) is 87.6 cm³/mol. The highest BCUT2D eigenvalue weighted by Crippen LogP contribution is 2.28. The van der Waals surface area contributed by atoms with Gasteiger partial charge in [0.25, 0.3) is 5.91 Å². The zero-order chi connectivity index (χ0) is 16.2. The number of aromatic amines is 1. The third-order valence-corrected chi connectivity index (χ3v) is 3.59. The van der Waals surface area contributed by atoms with Crippen LogP contribution in [0.25, 0.3) is 6.08 Å². The third-order valence-electron chi connectivity index (χ3n) is 3.59. The minimum absolute atomic E-state index is 0.199. The second-order valence-corrected chi connectivity index (χ2v) is 5.05. The Hall–Kier alpha value is -3.02. The lowest BCUT2D eigenvalue weighted by atomic mass is 10.0. The lowest BCUT2D eigenvalue weighted by Gasteiger charge is -2.09. The van der Waals surface area contributed by atoms with E-state index in [1.165, 1.54) is 0 Å². The largest absolute Gasteiger partial charge is 0.493 e. The van der Waals surface area contributed by atoms with Gasteiger partial charge < -0.3 is 14.5 Å². The van der Waals surface area contributed by atoms with Crippen LogP contribution in [0.1, 0.15) is 11.3 Å². The van der Waals surface area contributed by atoms with E-state index in [0.717, 1.165) is 11.3 Å². The highest BCUT2D eigenvalue weighted by atomic mass is 16.5. The standard InChI is InChI=1S/C17H17N3O3/c1-22-15-6-5-11(9-16(15)23-2)8-14-13(17(21)20-19-14)10-12-4-3-7-18-12/h3-7,9-10,18H,8H2,1-2H3,(H,20,21). The van der Waals surface area contributed by atoms with Crippen molar-refractivity contribution >= 4 is 17.7 Å². The lowest BCUT2D eigenvalue weighted by Crippen LogP contribution is -2.14. The van der Waals surface area contributed by atoms with Gasteiger partial charge in [0.1, 0.15) is 0 Å². The highest BCUT2D eigenvalue weighted by Gasteiger charge is 2.23. The van der Waals surface area contributed by atoms with Crippen LogP contribution < -0.4 is 14.9 Å². The first kappa shape index (κ1) is 14.9. The molecule has 6 heteroatoms. The molecule has 2 N–H and O–H groups in total. The van der Waals surface area contributed by atoms with Gasteiger partial charge in [-0.15, -0.1) is 0 Å². The van der Waals surface area contributed by atoms with Crippen molar-refractivity contribution in [3.05, 3.63) is 53.4 Å². The molecule has 2 heterocycles. The SMILES string of the molecule is COc1ccc(CC2=NNC(=O)C2=Cc2ccc[nH]2)cc1OC. The molecule has 1 aromatic heterocycles. The fourth-order valence-electron chi connectivity index (χ4n) is 2.43. The summed E-state index contributed by atoms with van der Waals surface area (Å²) in [6.45, 7) is 0. The van der Waals surface area contributed by atoms with Crippen molar-refractivity contribution in [2.75, 3.05) is 14.2 Å². The van der Waals surface area contributed by atoms with E-state index in [0.29, 0.717) is 29.2 Å².